The Bertz CT molecular complexity index is 212. The maximum atomic E-state index is 11.0. The van der Waals surface area contributed by atoms with Gasteiger partial charge in [0, 0.05) is 5.57 Å². The first-order valence-corrected chi connectivity index (χ1v) is 3.85. The molecule has 0 aliphatic rings. The molecule has 0 aromatic rings. The van der Waals surface area contributed by atoms with Crippen LogP contribution in [0.3, 0.4) is 0 Å². The molecule has 0 aromatic carbocycles. The Labute approximate surface area is 73.2 Å². The second-order valence-corrected chi connectivity index (χ2v) is 2.19. The van der Waals surface area contributed by atoms with Crippen LogP contribution in [0.25, 0.3) is 0 Å². The summed E-state index contributed by atoms with van der Waals surface area (Å²) in [6.07, 6.45) is 6.84. The van der Waals surface area contributed by atoms with Crippen molar-refractivity contribution in [2.75, 3.05) is 6.61 Å². The third kappa shape index (κ3) is 4.50. The molecule has 0 fully saturated rings. The molecule has 0 N–H and O–H groups in total. The SMILES string of the molecule is C=CC=CC=C(C)C(=O)OCC. The maximum Gasteiger partial charge on any atom is 0.333 e. The number of hydrogen-bond donors (Lipinski definition) is 0. The lowest BCUT2D eigenvalue weighted by Crippen LogP contribution is -2.04. The van der Waals surface area contributed by atoms with Gasteiger partial charge in [0.25, 0.3) is 0 Å². The Morgan fingerprint density at radius 1 is 1.50 bits per heavy atom. The first-order chi connectivity index (χ1) is 5.72. The number of ether oxygens (including phenoxy) is 1. The fraction of sp³-hybridized carbons (Fsp3) is 0.300. The standard InChI is InChI=1S/C10H14O2/c1-4-6-7-8-9(3)10(11)12-5-2/h4,6-8H,1,5H2,2-3H3. The molecule has 0 amide bonds. The highest BCUT2D eigenvalue weighted by Gasteiger charge is 2.01. The van der Waals surface area contributed by atoms with E-state index >= 15 is 0 Å². The van der Waals surface area contributed by atoms with Crippen LogP contribution in [0.2, 0.25) is 0 Å². The van der Waals surface area contributed by atoms with Crippen molar-refractivity contribution in [2.45, 2.75) is 13.8 Å². The summed E-state index contributed by atoms with van der Waals surface area (Å²) < 4.78 is 4.77. The molecule has 0 heterocycles. The van der Waals surface area contributed by atoms with Crippen molar-refractivity contribution in [1.29, 1.82) is 0 Å². The highest BCUT2D eigenvalue weighted by Crippen LogP contribution is 1.96. The second-order valence-electron chi connectivity index (χ2n) is 2.19. The Kier molecular flexibility index (Phi) is 5.70. The van der Waals surface area contributed by atoms with Gasteiger partial charge in [0.05, 0.1) is 6.61 Å². The zero-order valence-corrected chi connectivity index (χ0v) is 7.54. The van der Waals surface area contributed by atoms with Crippen molar-refractivity contribution in [1.82, 2.24) is 0 Å². The van der Waals surface area contributed by atoms with Crippen molar-refractivity contribution >= 4 is 5.97 Å². The second kappa shape index (κ2) is 6.40. The van der Waals surface area contributed by atoms with Gasteiger partial charge in [-0.2, -0.15) is 0 Å². The lowest BCUT2D eigenvalue weighted by Gasteiger charge is -1.98. The van der Waals surface area contributed by atoms with Gasteiger partial charge in [-0.25, -0.2) is 4.79 Å². The molecule has 0 saturated heterocycles. The van der Waals surface area contributed by atoms with E-state index in [0.717, 1.165) is 0 Å². The molecule has 0 rings (SSSR count). The summed E-state index contributed by atoms with van der Waals surface area (Å²) in [5, 5.41) is 0. The molecule has 0 radical (unpaired) electrons. The van der Waals surface area contributed by atoms with Crippen LogP contribution in [0.1, 0.15) is 13.8 Å². The van der Waals surface area contributed by atoms with Crippen LogP contribution in [0, 0.1) is 0 Å². The van der Waals surface area contributed by atoms with Gasteiger partial charge in [0.15, 0.2) is 0 Å². The van der Waals surface area contributed by atoms with Crippen LogP contribution in [-0.2, 0) is 9.53 Å². The normalized spacial score (nSPS) is 11.7. The van der Waals surface area contributed by atoms with Crippen molar-refractivity contribution in [2.24, 2.45) is 0 Å². The number of esters is 1. The Morgan fingerprint density at radius 2 is 2.17 bits per heavy atom. The fourth-order valence-corrected chi connectivity index (χ4v) is 0.591. The quantitative estimate of drug-likeness (QED) is 0.363. The zero-order valence-electron chi connectivity index (χ0n) is 7.54. The lowest BCUT2D eigenvalue weighted by molar-refractivity contribution is -0.138. The minimum atomic E-state index is -0.272. The summed E-state index contributed by atoms with van der Waals surface area (Å²) >= 11 is 0. The average molecular weight is 166 g/mol. The van der Waals surface area contributed by atoms with Crippen LogP contribution in [0.4, 0.5) is 0 Å². The van der Waals surface area contributed by atoms with E-state index in [9.17, 15) is 4.79 Å². The minimum Gasteiger partial charge on any atom is -0.463 e. The summed E-state index contributed by atoms with van der Waals surface area (Å²) in [7, 11) is 0. The summed E-state index contributed by atoms with van der Waals surface area (Å²) in [4.78, 5) is 11.0. The highest BCUT2D eigenvalue weighted by atomic mass is 16.5. The smallest absolute Gasteiger partial charge is 0.333 e. The van der Waals surface area contributed by atoms with E-state index in [1.807, 2.05) is 0 Å². The lowest BCUT2D eigenvalue weighted by atomic mass is 10.3. The Morgan fingerprint density at radius 3 is 2.67 bits per heavy atom. The molecule has 0 aromatic heterocycles. The Hall–Kier alpha value is -1.31. The first-order valence-electron chi connectivity index (χ1n) is 3.85. The van der Waals surface area contributed by atoms with Gasteiger partial charge in [-0.3, -0.25) is 0 Å². The van der Waals surface area contributed by atoms with Gasteiger partial charge in [-0.15, -0.1) is 0 Å². The predicted octanol–water partition coefficient (Wildman–Crippen LogP) is 2.24. The van der Waals surface area contributed by atoms with E-state index in [2.05, 4.69) is 6.58 Å². The van der Waals surface area contributed by atoms with Crippen molar-refractivity contribution < 1.29 is 9.53 Å². The van der Waals surface area contributed by atoms with Crippen molar-refractivity contribution in [3.8, 4) is 0 Å². The third-order valence-electron chi connectivity index (χ3n) is 1.19. The van der Waals surface area contributed by atoms with Gasteiger partial charge < -0.3 is 4.74 Å². The molecule has 0 aliphatic carbocycles. The molecule has 0 aliphatic heterocycles. The number of carbonyl (C=O) groups excluding carboxylic acids is 1. The van der Waals surface area contributed by atoms with Crippen LogP contribution >= 0.6 is 0 Å². The monoisotopic (exact) mass is 166 g/mol. The number of hydrogen-bond acceptors (Lipinski definition) is 2. The topological polar surface area (TPSA) is 26.3 Å². The van der Waals surface area contributed by atoms with Crippen LogP contribution in [-0.4, -0.2) is 12.6 Å². The van der Waals surface area contributed by atoms with Crippen LogP contribution < -0.4 is 0 Å². The van der Waals surface area contributed by atoms with Crippen molar-refractivity contribution in [3.05, 3.63) is 36.5 Å². The number of rotatable bonds is 4. The van der Waals surface area contributed by atoms with E-state index in [1.54, 1.807) is 38.2 Å². The summed E-state index contributed by atoms with van der Waals surface area (Å²) in [6.45, 7) is 7.41. The van der Waals surface area contributed by atoms with E-state index in [0.29, 0.717) is 12.2 Å². The zero-order chi connectivity index (χ0) is 9.40. The van der Waals surface area contributed by atoms with E-state index in [1.165, 1.54) is 0 Å². The molecule has 2 nitrogen and oxygen atoms in total. The van der Waals surface area contributed by atoms with Crippen LogP contribution in [0.15, 0.2) is 36.5 Å². The maximum absolute atomic E-state index is 11.0. The van der Waals surface area contributed by atoms with Gasteiger partial charge in [0.2, 0.25) is 0 Å². The average Bonchev–Trinajstić information content (AvgIpc) is 2.05. The van der Waals surface area contributed by atoms with E-state index in [4.69, 9.17) is 4.74 Å². The number of allylic oxidation sites excluding steroid dienone is 4. The van der Waals surface area contributed by atoms with Crippen molar-refractivity contribution in [3.63, 3.8) is 0 Å². The molecule has 2 heteroatoms. The molecule has 0 bridgehead atoms. The number of carbonyl (C=O) groups is 1. The molecular formula is C10H14O2. The van der Waals surface area contributed by atoms with Gasteiger partial charge in [0.1, 0.15) is 0 Å². The third-order valence-corrected chi connectivity index (χ3v) is 1.19. The fourth-order valence-electron chi connectivity index (χ4n) is 0.591. The summed E-state index contributed by atoms with van der Waals surface area (Å²) in [6, 6.07) is 0. The predicted molar refractivity (Wildman–Crippen MR) is 49.7 cm³/mol. The molecular weight excluding hydrogens is 152 g/mol. The Balaban J connectivity index is 4.07. The van der Waals surface area contributed by atoms with E-state index < -0.39 is 0 Å². The van der Waals surface area contributed by atoms with Gasteiger partial charge in [-0.1, -0.05) is 30.9 Å². The molecule has 66 valence electrons. The van der Waals surface area contributed by atoms with Gasteiger partial charge in [-0.05, 0) is 13.8 Å². The summed E-state index contributed by atoms with van der Waals surface area (Å²) in [5.41, 5.74) is 0.593. The first kappa shape index (κ1) is 10.7. The highest BCUT2D eigenvalue weighted by molar-refractivity contribution is 5.88. The molecule has 0 saturated carbocycles. The molecule has 0 spiro atoms. The summed E-state index contributed by atoms with van der Waals surface area (Å²) in [5.74, 6) is -0.272. The van der Waals surface area contributed by atoms with E-state index in [-0.39, 0.29) is 5.97 Å². The molecule has 0 unspecified atom stereocenters. The van der Waals surface area contributed by atoms with Gasteiger partial charge >= 0.3 is 5.97 Å². The largest absolute Gasteiger partial charge is 0.463 e. The molecule has 12 heavy (non-hydrogen) atoms. The van der Waals surface area contributed by atoms with Crippen LogP contribution in [0.5, 0.6) is 0 Å². The molecule has 0 atom stereocenters. The minimum absolute atomic E-state index is 0.272.